The molecule has 1 aromatic heterocycles. The van der Waals surface area contributed by atoms with Crippen molar-refractivity contribution in [1.29, 1.82) is 0 Å². The maximum absolute atomic E-state index is 14.0. The number of nitrogens with one attached hydrogen (secondary N) is 2. The fraction of sp³-hybridized carbons (Fsp3) is 0.100. The van der Waals surface area contributed by atoms with Gasteiger partial charge in [0.2, 0.25) is 11.6 Å². The van der Waals surface area contributed by atoms with E-state index in [0.717, 1.165) is 11.7 Å². The number of rotatable bonds is 14. The van der Waals surface area contributed by atoms with Gasteiger partial charge in [-0.05, 0) is 33.5 Å². The second-order valence-corrected chi connectivity index (χ2v) is 13.2. The molecule has 0 radical (unpaired) electrons. The Hall–Kier alpha value is -6.57. The number of carbonyl (C=O) groups is 6. The average Bonchev–Trinajstić information content (AvgIpc) is 3.68. The largest absolute Gasteiger partial charge is 0.363 e. The third-order valence-corrected chi connectivity index (χ3v) is 9.60. The molecule has 0 bridgehead atoms. The van der Waals surface area contributed by atoms with Crippen molar-refractivity contribution in [3.8, 4) is 22.4 Å². The van der Waals surface area contributed by atoms with Gasteiger partial charge in [-0.1, -0.05) is 121 Å². The molecule has 4 amide bonds. The third-order valence-electron chi connectivity index (χ3n) is 8.68. The van der Waals surface area contributed by atoms with Gasteiger partial charge < -0.3 is 22.1 Å². The summed E-state index contributed by atoms with van der Waals surface area (Å²) in [6, 6.07) is 31.1. The van der Waals surface area contributed by atoms with Crippen molar-refractivity contribution < 1.29 is 28.8 Å². The summed E-state index contributed by atoms with van der Waals surface area (Å²) < 4.78 is 8.48. The highest BCUT2D eigenvalue weighted by Gasteiger charge is 2.30. The number of fused-ring (bicyclic) bond motifs is 1. The van der Waals surface area contributed by atoms with Gasteiger partial charge in [-0.3, -0.25) is 28.8 Å². The first kappa shape index (κ1) is 37.2. The number of hydrogen-bond donors (Lipinski definition) is 4. The lowest BCUT2D eigenvalue weighted by molar-refractivity contribution is -0.137. The summed E-state index contributed by atoms with van der Waals surface area (Å²) in [6.07, 6.45) is 0.0727. The Morgan fingerprint density at radius 3 is 1.69 bits per heavy atom. The van der Waals surface area contributed by atoms with Gasteiger partial charge in [0.05, 0.1) is 22.3 Å². The molecule has 2 atom stereocenters. The lowest BCUT2D eigenvalue weighted by Gasteiger charge is -2.19. The third kappa shape index (κ3) is 8.22. The molecule has 0 saturated heterocycles. The lowest BCUT2D eigenvalue weighted by Crippen LogP contribution is -2.47. The zero-order chi connectivity index (χ0) is 38.4. The molecule has 0 aliphatic carbocycles. The van der Waals surface area contributed by atoms with E-state index in [1.54, 1.807) is 97.1 Å². The first-order valence-electron chi connectivity index (χ1n) is 16.5. The van der Waals surface area contributed by atoms with E-state index in [9.17, 15) is 28.8 Å². The number of amides is 4. The van der Waals surface area contributed by atoms with Crippen molar-refractivity contribution in [2.24, 2.45) is 11.5 Å². The van der Waals surface area contributed by atoms with E-state index in [1.807, 2.05) is 18.2 Å². The van der Waals surface area contributed by atoms with E-state index in [-0.39, 0.29) is 34.8 Å². The predicted molar refractivity (Wildman–Crippen MR) is 205 cm³/mol. The zero-order valence-corrected chi connectivity index (χ0v) is 29.9. The van der Waals surface area contributed by atoms with Crippen LogP contribution in [0.4, 0.5) is 0 Å². The molecule has 6 N–H and O–H groups in total. The number of aromatic nitrogens is 2. The Balaban J connectivity index is 1.29. The summed E-state index contributed by atoms with van der Waals surface area (Å²) in [6.45, 7) is 0. The number of nitrogens with two attached hydrogens (primary N) is 2. The minimum absolute atomic E-state index is 0.0334. The predicted octanol–water partition coefficient (Wildman–Crippen LogP) is 4.47. The second-order valence-electron chi connectivity index (χ2n) is 12.3. The van der Waals surface area contributed by atoms with Crippen LogP contribution in [0.15, 0.2) is 115 Å². The molecule has 6 aromatic rings. The van der Waals surface area contributed by atoms with Crippen molar-refractivity contribution in [2.75, 3.05) is 0 Å². The van der Waals surface area contributed by atoms with Gasteiger partial charge in [0.1, 0.15) is 17.8 Å². The molecular formula is C40H31ClN6O6S. The zero-order valence-electron chi connectivity index (χ0n) is 28.3. The maximum Gasteiger partial charge on any atom is 0.287 e. The van der Waals surface area contributed by atoms with E-state index < -0.39 is 47.3 Å². The number of benzene rings is 5. The molecule has 12 nitrogen and oxygen atoms in total. The molecule has 6 rings (SSSR count). The van der Waals surface area contributed by atoms with Crippen LogP contribution in [0.5, 0.6) is 0 Å². The first-order chi connectivity index (χ1) is 26.0. The SMILES string of the molecule is NC(=O)C(=O)C(Cc1ccccc1)NC(=O)c1nsnc1-c1ccc(-c2cc3ccccc3c(C(=O)NC(Cc3ccccc3)C(=O)C(N)=O)c2Cl)cc1. The second kappa shape index (κ2) is 16.4. The molecule has 14 heteroatoms. The normalized spacial score (nSPS) is 12.0. The van der Waals surface area contributed by atoms with Crippen molar-refractivity contribution in [3.05, 3.63) is 143 Å². The first-order valence-corrected chi connectivity index (χ1v) is 17.6. The smallest absolute Gasteiger partial charge is 0.287 e. The van der Waals surface area contributed by atoms with Crippen LogP contribution < -0.4 is 22.1 Å². The van der Waals surface area contributed by atoms with Gasteiger partial charge >= 0.3 is 0 Å². The van der Waals surface area contributed by atoms with Crippen molar-refractivity contribution in [1.82, 2.24) is 19.4 Å². The highest BCUT2D eigenvalue weighted by molar-refractivity contribution is 6.99. The monoisotopic (exact) mass is 758 g/mol. The quantitative estimate of drug-likeness (QED) is 0.116. The van der Waals surface area contributed by atoms with Crippen LogP contribution in [0.3, 0.4) is 0 Å². The minimum Gasteiger partial charge on any atom is -0.363 e. The number of nitrogens with zero attached hydrogens (tertiary/aromatic N) is 2. The van der Waals surface area contributed by atoms with Gasteiger partial charge in [0, 0.05) is 24.0 Å². The topological polar surface area (TPSA) is 204 Å². The van der Waals surface area contributed by atoms with Crippen LogP contribution in [0, 0.1) is 0 Å². The summed E-state index contributed by atoms with van der Waals surface area (Å²) in [4.78, 5) is 76.6. The van der Waals surface area contributed by atoms with Gasteiger partial charge in [0.25, 0.3) is 23.6 Å². The summed E-state index contributed by atoms with van der Waals surface area (Å²) in [5, 5.41) is 6.59. The van der Waals surface area contributed by atoms with Crippen molar-refractivity contribution >= 4 is 69.3 Å². The number of ketones is 2. The maximum atomic E-state index is 14.0. The Morgan fingerprint density at radius 2 is 1.13 bits per heavy atom. The number of carbonyl (C=O) groups excluding carboxylic acids is 6. The fourth-order valence-corrected chi connectivity index (χ4v) is 6.92. The highest BCUT2D eigenvalue weighted by atomic mass is 35.5. The Bertz CT molecular complexity index is 2400. The molecule has 0 fully saturated rings. The lowest BCUT2D eigenvalue weighted by atomic mass is 9.94. The van der Waals surface area contributed by atoms with Gasteiger partial charge in [0.15, 0.2) is 5.69 Å². The molecule has 0 saturated carbocycles. The summed E-state index contributed by atoms with van der Waals surface area (Å²) in [7, 11) is 0. The summed E-state index contributed by atoms with van der Waals surface area (Å²) in [5.74, 6) is -5.64. The molecular weight excluding hydrogens is 728 g/mol. The molecule has 5 aromatic carbocycles. The van der Waals surface area contributed by atoms with Crippen LogP contribution in [0.25, 0.3) is 33.2 Å². The fourth-order valence-electron chi connectivity index (χ4n) is 6.01. The van der Waals surface area contributed by atoms with E-state index in [1.165, 1.54) is 0 Å². The number of primary amides is 2. The van der Waals surface area contributed by atoms with Gasteiger partial charge in [-0.15, -0.1) is 0 Å². The molecule has 270 valence electrons. The van der Waals surface area contributed by atoms with Crippen LogP contribution in [-0.4, -0.2) is 56.0 Å². The van der Waals surface area contributed by atoms with Gasteiger partial charge in [-0.2, -0.15) is 8.75 Å². The standard InChI is InChI=1S/C40H31ClN6O6S/c41-32-28(21-26-13-7-8-14-27(26)31(32)39(52)44-29(35(48)37(42)50)19-22-9-3-1-4-10-22)24-15-17-25(18-16-24)33-34(47-54-46-33)40(53)45-30(36(49)38(43)51)20-23-11-5-2-6-12-23/h1-18,21,29-30H,19-20H2,(H2,42,50)(H2,43,51)(H,44,52)(H,45,53). The Kier molecular flexibility index (Phi) is 11.3. The molecule has 0 spiro atoms. The van der Waals surface area contributed by atoms with E-state index in [0.29, 0.717) is 38.6 Å². The highest BCUT2D eigenvalue weighted by Crippen LogP contribution is 2.37. The van der Waals surface area contributed by atoms with Crippen LogP contribution in [0.2, 0.25) is 5.02 Å². The average molecular weight is 759 g/mol. The molecule has 2 unspecified atom stereocenters. The summed E-state index contributed by atoms with van der Waals surface area (Å²) in [5.41, 5.74) is 14.0. The van der Waals surface area contributed by atoms with Crippen LogP contribution in [0.1, 0.15) is 32.0 Å². The Labute approximate surface area is 317 Å². The van der Waals surface area contributed by atoms with Crippen LogP contribution >= 0.6 is 23.3 Å². The minimum atomic E-state index is -1.24. The number of halogens is 1. The van der Waals surface area contributed by atoms with E-state index >= 15 is 0 Å². The van der Waals surface area contributed by atoms with Crippen molar-refractivity contribution in [2.45, 2.75) is 24.9 Å². The van der Waals surface area contributed by atoms with E-state index in [2.05, 4.69) is 19.4 Å². The number of hydrogen-bond acceptors (Lipinski definition) is 9. The van der Waals surface area contributed by atoms with Crippen molar-refractivity contribution in [3.63, 3.8) is 0 Å². The van der Waals surface area contributed by atoms with Crippen LogP contribution in [-0.2, 0) is 32.0 Å². The molecule has 1 heterocycles. The summed E-state index contributed by atoms with van der Waals surface area (Å²) >= 11 is 7.79. The Morgan fingerprint density at radius 1 is 0.630 bits per heavy atom. The van der Waals surface area contributed by atoms with E-state index in [4.69, 9.17) is 23.1 Å². The molecule has 0 aliphatic heterocycles. The van der Waals surface area contributed by atoms with Gasteiger partial charge in [-0.25, -0.2) is 0 Å². The number of Topliss-reactive ketones (excluding diaryl/α,β-unsaturated/α-hetero) is 2. The molecule has 54 heavy (non-hydrogen) atoms. The molecule has 0 aliphatic rings.